The van der Waals surface area contributed by atoms with Gasteiger partial charge in [-0.25, -0.2) is 4.79 Å². The molecule has 0 aromatic carbocycles. The lowest BCUT2D eigenvalue weighted by Crippen LogP contribution is -2.49. The molecule has 1 aromatic rings. The van der Waals surface area contributed by atoms with Crippen molar-refractivity contribution in [3.05, 3.63) is 15.8 Å². The van der Waals surface area contributed by atoms with Gasteiger partial charge in [-0.15, -0.1) is 11.3 Å². The number of ether oxygens (including phenoxy) is 1. The monoisotopic (exact) mass is 430 g/mol. The summed E-state index contributed by atoms with van der Waals surface area (Å²) in [5.74, 6) is 7.08. The lowest BCUT2D eigenvalue weighted by molar-refractivity contribution is -0.124. The molecular weight excluding hydrogens is 396 g/mol. The van der Waals surface area contributed by atoms with E-state index in [2.05, 4.69) is 24.1 Å². The van der Waals surface area contributed by atoms with Crippen LogP contribution in [0.2, 0.25) is 0 Å². The predicted molar refractivity (Wildman–Crippen MR) is 122 cm³/mol. The summed E-state index contributed by atoms with van der Waals surface area (Å²) in [5.41, 5.74) is 0.690. The second-order valence-corrected chi connectivity index (χ2v) is 9.94. The molecule has 6 heteroatoms. The molecule has 0 radical (unpaired) electrons. The smallest absolute Gasteiger partial charge is 0.350 e. The van der Waals surface area contributed by atoms with Crippen LogP contribution in [0.5, 0.6) is 0 Å². The molecule has 164 valence electrons. The molecule has 1 aliphatic heterocycles. The summed E-state index contributed by atoms with van der Waals surface area (Å²) >= 11 is 1.33. The molecule has 0 bridgehead atoms. The Kier molecular flexibility index (Phi) is 7.96. The van der Waals surface area contributed by atoms with Gasteiger partial charge in [0.05, 0.1) is 17.7 Å². The number of piperidine rings is 1. The maximum Gasteiger partial charge on any atom is 0.350 e. The summed E-state index contributed by atoms with van der Waals surface area (Å²) in [4.78, 5) is 29.6. The van der Waals surface area contributed by atoms with Gasteiger partial charge in [0.15, 0.2) is 0 Å². The molecule has 2 aliphatic rings. The van der Waals surface area contributed by atoms with E-state index in [0.717, 1.165) is 56.5 Å². The second kappa shape index (κ2) is 10.5. The number of hydrogen-bond donors (Lipinski definition) is 1. The number of methoxy groups -OCH3 is 1. The zero-order valence-electron chi connectivity index (χ0n) is 18.6. The van der Waals surface area contributed by atoms with Crippen LogP contribution in [0.15, 0.2) is 6.07 Å². The average molecular weight is 431 g/mol. The van der Waals surface area contributed by atoms with Crippen molar-refractivity contribution in [2.45, 2.75) is 65.3 Å². The number of hydrogen-bond acceptors (Lipinski definition) is 5. The normalized spacial score (nSPS) is 22.3. The number of carbonyl (C=O) groups excluding carboxylic acids is 2. The number of nitrogens with zero attached hydrogens (tertiary/aromatic N) is 1. The average Bonchev–Trinajstić information content (AvgIpc) is 3.17. The molecule has 1 aromatic heterocycles. The van der Waals surface area contributed by atoms with Crippen LogP contribution in [0.25, 0.3) is 0 Å². The van der Waals surface area contributed by atoms with E-state index >= 15 is 0 Å². The van der Waals surface area contributed by atoms with Crippen molar-refractivity contribution in [2.24, 2.45) is 17.8 Å². The summed E-state index contributed by atoms with van der Waals surface area (Å²) in [5, 5.41) is 3.38. The molecule has 3 rings (SSSR count). The van der Waals surface area contributed by atoms with Gasteiger partial charge in [0, 0.05) is 17.9 Å². The first-order chi connectivity index (χ1) is 14.4. The molecule has 0 spiro atoms. The van der Waals surface area contributed by atoms with Gasteiger partial charge in [-0.2, -0.15) is 0 Å². The minimum Gasteiger partial charge on any atom is -0.465 e. The van der Waals surface area contributed by atoms with Gasteiger partial charge in [-0.1, -0.05) is 32.6 Å². The highest BCUT2D eigenvalue weighted by Gasteiger charge is 2.36. The number of esters is 1. The lowest BCUT2D eigenvalue weighted by Gasteiger charge is -2.38. The Labute approximate surface area is 184 Å². The van der Waals surface area contributed by atoms with Gasteiger partial charge >= 0.3 is 5.97 Å². The largest absolute Gasteiger partial charge is 0.465 e. The minimum atomic E-state index is -0.392. The molecule has 1 amide bonds. The Hall–Kier alpha value is -1.84. The zero-order valence-corrected chi connectivity index (χ0v) is 19.4. The summed E-state index contributed by atoms with van der Waals surface area (Å²) < 4.78 is 5.07. The SMILES string of the molecule is COC(=O)c1sc(C#CC(C)C)cc1N(C(=O)[C@H]1CC[C@H](C)CC1)C1CCNCC1. The van der Waals surface area contributed by atoms with E-state index in [-0.39, 0.29) is 23.8 Å². The third-order valence-electron chi connectivity index (χ3n) is 6.10. The van der Waals surface area contributed by atoms with Crippen molar-refractivity contribution in [1.82, 2.24) is 5.32 Å². The van der Waals surface area contributed by atoms with E-state index < -0.39 is 5.97 Å². The number of thiophene rings is 1. The van der Waals surface area contributed by atoms with Crippen molar-refractivity contribution in [3.8, 4) is 11.8 Å². The van der Waals surface area contributed by atoms with E-state index in [4.69, 9.17) is 4.74 Å². The molecule has 1 saturated heterocycles. The molecule has 1 aliphatic carbocycles. The number of carbonyl (C=O) groups is 2. The highest BCUT2D eigenvalue weighted by Crippen LogP contribution is 2.37. The van der Waals surface area contributed by atoms with E-state index in [1.54, 1.807) is 0 Å². The first-order valence-corrected chi connectivity index (χ1v) is 12.0. The van der Waals surface area contributed by atoms with Crippen molar-refractivity contribution in [2.75, 3.05) is 25.1 Å². The van der Waals surface area contributed by atoms with Crippen molar-refractivity contribution in [1.29, 1.82) is 0 Å². The van der Waals surface area contributed by atoms with Crippen LogP contribution in [0, 0.1) is 29.6 Å². The Balaban J connectivity index is 2.00. The van der Waals surface area contributed by atoms with Crippen molar-refractivity contribution >= 4 is 28.9 Å². The van der Waals surface area contributed by atoms with Crippen LogP contribution in [0.1, 0.15) is 73.8 Å². The fraction of sp³-hybridized carbons (Fsp3) is 0.667. The fourth-order valence-electron chi connectivity index (χ4n) is 4.34. The molecule has 2 fully saturated rings. The first-order valence-electron chi connectivity index (χ1n) is 11.2. The number of nitrogens with one attached hydrogen (secondary N) is 1. The van der Waals surface area contributed by atoms with Crippen LogP contribution in [0.4, 0.5) is 5.69 Å². The number of anilines is 1. The van der Waals surface area contributed by atoms with Gasteiger partial charge in [0.25, 0.3) is 0 Å². The topological polar surface area (TPSA) is 58.6 Å². The summed E-state index contributed by atoms with van der Waals surface area (Å²) in [7, 11) is 1.39. The standard InChI is InChI=1S/C24H34N2O3S/c1-16(2)5-10-20-15-21(22(30-20)24(28)29-4)26(19-11-13-25-14-12-19)23(27)18-8-6-17(3)7-9-18/h15-19,25H,6-9,11-14H2,1-4H3/t17-,18-. The van der Waals surface area contributed by atoms with Crippen LogP contribution in [-0.4, -0.2) is 38.1 Å². The van der Waals surface area contributed by atoms with E-state index in [0.29, 0.717) is 16.5 Å². The molecule has 0 unspecified atom stereocenters. The van der Waals surface area contributed by atoms with E-state index in [1.807, 2.05) is 24.8 Å². The third kappa shape index (κ3) is 5.44. The van der Waals surface area contributed by atoms with Gasteiger partial charge in [0.2, 0.25) is 5.91 Å². The maximum atomic E-state index is 13.8. The fourth-order valence-corrected chi connectivity index (χ4v) is 5.27. The Morgan fingerprint density at radius 2 is 1.83 bits per heavy atom. The number of rotatable bonds is 4. The highest BCUT2D eigenvalue weighted by atomic mass is 32.1. The predicted octanol–water partition coefficient (Wildman–Crippen LogP) is 4.45. The van der Waals surface area contributed by atoms with Gasteiger partial charge < -0.3 is 15.0 Å². The minimum absolute atomic E-state index is 0.0340. The molecule has 1 saturated carbocycles. The van der Waals surface area contributed by atoms with Crippen LogP contribution >= 0.6 is 11.3 Å². The Morgan fingerprint density at radius 1 is 1.17 bits per heavy atom. The highest BCUT2D eigenvalue weighted by molar-refractivity contribution is 7.15. The quantitative estimate of drug-likeness (QED) is 0.566. The molecule has 1 N–H and O–H groups in total. The zero-order chi connectivity index (χ0) is 21.7. The Morgan fingerprint density at radius 3 is 2.43 bits per heavy atom. The van der Waals surface area contributed by atoms with Crippen LogP contribution < -0.4 is 10.2 Å². The van der Waals surface area contributed by atoms with Gasteiger partial charge in [0.1, 0.15) is 4.88 Å². The third-order valence-corrected chi connectivity index (χ3v) is 7.12. The molecule has 2 heterocycles. The molecular formula is C24H34N2O3S. The Bertz CT molecular complexity index is 806. The second-order valence-electron chi connectivity index (χ2n) is 8.89. The van der Waals surface area contributed by atoms with Crippen LogP contribution in [0.3, 0.4) is 0 Å². The van der Waals surface area contributed by atoms with Gasteiger partial charge in [-0.3, -0.25) is 4.79 Å². The van der Waals surface area contributed by atoms with Gasteiger partial charge in [-0.05, 0) is 63.6 Å². The molecule has 0 atom stereocenters. The molecule has 30 heavy (non-hydrogen) atoms. The number of amides is 1. The van der Waals surface area contributed by atoms with E-state index in [1.165, 1.54) is 18.4 Å². The summed E-state index contributed by atoms with van der Waals surface area (Å²) in [6.45, 7) is 8.11. The van der Waals surface area contributed by atoms with Crippen molar-refractivity contribution in [3.63, 3.8) is 0 Å². The van der Waals surface area contributed by atoms with Crippen LogP contribution in [-0.2, 0) is 9.53 Å². The van der Waals surface area contributed by atoms with E-state index in [9.17, 15) is 9.59 Å². The maximum absolute atomic E-state index is 13.8. The first kappa shape index (κ1) is 22.8. The molecule has 5 nitrogen and oxygen atoms in total. The summed E-state index contributed by atoms with van der Waals surface area (Å²) in [6, 6.07) is 2.03. The lowest BCUT2D eigenvalue weighted by atomic mass is 9.82. The summed E-state index contributed by atoms with van der Waals surface area (Å²) in [6.07, 6.45) is 5.82. The van der Waals surface area contributed by atoms with Crippen molar-refractivity contribution < 1.29 is 14.3 Å².